The van der Waals surface area contributed by atoms with Crippen molar-refractivity contribution in [3.05, 3.63) is 65.9 Å². The summed E-state index contributed by atoms with van der Waals surface area (Å²) >= 11 is 0. The van der Waals surface area contributed by atoms with Crippen molar-refractivity contribution in [2.45, 2.75) is 18.8 Å². The first-order valence-electron chi connectivity index (χ1n) is 8.75. The van der Waals surface area contributed by atoms with Crippen LogP contribution in [0.1, 0.15) is 34.8 Å². The first-order valence-corrected chi connectivity index (χ1v) is 8.75. The molecule has 1 aromatic heterocycles. The minimum absolute atomic E-state index is 0.0917. The summed E-state index contributed by atoms with van der Waals surface area (Å²) in [5, 5.41) is 1.26. The molecule has 1 aliphatic heterocycles. The molecule has 0 saturated carbocycles. The van der Waals surface area contributed by atoms with Gasteiger partial charge in [0.15, 0.2) is 0 Å². The SMILES string of the molecule is COc1cccc(C(=O)N2CCC(c3cc4ccccc4[nH]3)CC2)c1. The molecule has 1 saturated heterocycles. The molecular formula is C21H22N2O2. The fourth-order valence-corrected chi connectivity index (χ4v) is 3.65. The van der Waals surface area contributed by atoms with E-state index in [0.717, 1.165) is 31.7 Å². The molecule has 128 valence electrons. The molecule has 4 rings (SSSR count). The lowest BCUT2D eigenvalue weighted by atomic mass is 9.93. The third-order valence-electron chi connectivity index (χ3n) is 5.09. The van der Waals surface area contributed by atoms with Crippen LogP contribution in [-0.4, -0.2) is 36.0 Å². The number of hydrogen-bond donors (Lipinski definition) is 1. The van der Waals surface area contributed by atoms with Crippen molar-refractivity contribution in [3.8, 4) is 5.75 Å². The molecule has 0 spiro atoms. The Morgan fingerprint density at radius 2 is 1.88 bits per heavy atom. The lowest BCUT2D eigenvalue weighted by Crippen LogP contribution is -2.38. The maximum absolute atomic E-state index is 12.7. The molecule has 3 aromatic rings. The third kappa shape index (κ3) is 3.12. The molecule has 0 atom stereocenters. The van der Waals surface area contributed by atoms with Crippen molar-refractivity contribution in [1.82, 2.24) is 9.88 Å². The monoisotopic (exact) mass is 334 g/mol. The first-order chi connectivity index (χ1) is 12.2. The normalized spacial score (nSPS) is 15.5. The van der Waals surface area contributed by atoms with Gasteiger partial charge in [-0.3, -0.25) is 4.79 Å². The van der Waals surface area contributed by atoms with Crippen LogP contribution in [0.4, 0.5) is 0 Å². The predicted octanol–water partition coefficient (Wildman–Crippen LogP) is 4.20. The third-order valence-corrected chi connectivity index (χ3v) is 5.09. The Bertz CT molecular complexity index is 859. The number of methoxy groups -OCH3 is 1. The number of likely N-dealkylation sites (tertiary alicyclic amines) is 1. The number of rotatable bonds is 3. The number of benzene rings is 2. The Morgan fingerprint density at radius 3 is 2.64 bits per heavy atom. The summed E-state index contributed by atoms with van der Waals surface area (Å²) in [5.41, 5.74) is 3.17. The molecule has 1 fully saturated rings. The fourth-order valence-electron chi connectivity index (χ4n) is 3.65. The standard InChI is InChI=1S/C21H22N2O2/c1-25-18-7-4-6-17(13-18)21(24)23-11-9-15(10-12-23)20-14-16-5-2-3-8-19(16)22-20/h2-8,13-15,22H,9-12H2,1H3. The summed E-state index contributed by atoms with van der Waals surface area (Å²) in [6, 6.07) is 18.0. The van der Waals surface area contributed by atoms with E-state index in [1.54, 1.807) is 7.11 Å². The number of carbonyl (C=O) groups excluding carboxylic acids is 1. The second kappa shape index (κ2) is 6.63. The second-order valence-electron chi connectivity index (χ2n) is 6.61. The Labute approximate surface area is 147 Å². The van der Waals surface area contributed by atoms with Gasteiger partial charge in [-0.15, -0.1) is 0 Å². The Kier molecular flexibility index (Phi) is 4.18. The molecule has 0 aliphatic carbocycles. The van der Waals surface area contributed by atoms with E-state index >= 15 is 0 Å². The van der Waals surface area contributed by atoms with Crippen molar-refractivity contribution in [1.29, 1.82) is 0 Å². The van der Waals surface area contributed by atoms with E-state index in [1.165, 1.54) is 16.6 Å². The van der Waals surface area contributed by atoms with Crippen LogP contribution in [0.2, 0.25) is 0 Å². The molecule has 0 bridgehead atoms. The van der Waals surface area contributed by atoms with Crippen LogP contribution in [0.15, 0.2) is 54.6 Å². The molecule has 2 aromatic carbocycles. The van der Waals surface area contributed by atoms with E-state index in [-0.39, 0.29) is 5.91 Å². The lowest BCUT2D eigenvalue weighted by Gasteiger charge is -2.31. The maximum Gasteiger partial charge on any atom is 0.253 e. The molecule has 1 aliphatic rings. The highest BCUT2D eigenvalue weighted by atomic mass is 16.5. The number of fused-ring (bicyclic) bond motifs is 1. The summed E-state index contributed by atoms with van der Waals surface area (Å²) in [5.74, 6) is 1.30. The molecule has 4 nitrogen and oxygen atoms in total. The van der Waals surface area contributed by atoms with Crippen LogP contribution < -0.4 is 4.74 Å². The van der Waals surface area contributed by atoms with E-state index in [9.17, 15) is 4.79 Å². The topological polar surface area (TPSA) is 45.3 Å². The largest absolute Gasteiger partial charge is 0.497 e. The lowest BCUT2D eigenvalue weighted by molar-refractivity contribution is 0.0712. The van der Waals surface area contributed by atoms with Crippen molar-refractivity contribution < 1.29 is 9.53 Å². The summed E-state index contributed by atoms with van der Waals surface area (Å²) < 4.78 is 5.22. The van der Waals surface area contributed by atoms with Gasteiger partial charge in [-0.25, -0.2) is 0 Å². The van der Waals surface area contributed by atoms with Gasteiger partial charge in [0, 0.05) is 35.8 Å². The van der Waals surface area contributed by atoms with E-state index in [4.69, 9.17) is 4.74 Å². The number of H-pyrrole nitrogens is 1. The highest BCUT2D eigenvalue weighted by Gasteiger charge is 2.25. The van der Waals surface area contributed by atoms with Crippen LogP contribution in [0.5, 0.6) is 5.75 Å². The number of aromatic nitrogens is 1. The molecule has 4 heteroatoms. The molecule has 0 radical (unpaired) electrons. The zero-order valence-electron chi connectivity index (χ0n) is 14.4. The molecule has 25 heavy (non-hydrogen) atoms. The Hall–Kier alpha value is -2.75. The van der Waals surface area contributed by atoms with Gasteiger partial charge in [-0.05, 0) is 48.6 Å². The van der Waals surface area contributed by atoms with E-state index in [2.05, 4.69) is 35.3 Å². The number of nitrogens with one attached hydrogen (secondary N) is 1. The van der Waals surface area contributed by atoms with Crippen LogP contribution in [0.3, 0.4) is 0 Å². The highest BCUT2D eigenvalue weighted by molar-refractivity contribution is 5.94. The van der Waals surface area contributed by atoms with Gasteiger partial charge < -0.3 is 14.6 Å². The van der Waals surface area contributed by atoms with Gasteiger partial charge >= 0.3 is 0 Å². The highest BCUT2D eigenvalue weighted by Crippen LogP contribution is 2.30. The molecule has 1 N–H and O–H groups in total. The van der Waals surface area contributed by atoms with Crippen molar-refractivity contribution in [2.24, 2.45) is 0 Å². The zero-order valence-corrected chi connectivity index (χ0v) is 14.4. The molecule has 1 amide bonds. The average Bonchev–Trinajstić information content (AvgIpc) is 3.12. The summed E-state index contributed by atoms with van der Waals surface area (Å²) in [7, 11) is 1.62. The minimum atomic E-state index is 0.0917. The number of amides is 1. The zero-order chi connectivity index (χ0) is 17.2. The van der Waals surface area contributed by atoms with E-state index < -0.39 is 0 Å². The Morgan fingerprint density at radius 1 is 1.08 bits per heavy atom. The van der Waals surface area contributed by atoms with Gasteiger partial charge in [-0.1, -0.05) is 24.3 Å². The number of hydrogen-bond acceptors (Lipinski definition) is 2. The molecule has 2 heterocycles. The number of para-hydroxylation sites is 1. The minimum Gasteiger partial charge on any atom is -0.497 e. The second-order valence-corrected chi connectivity index (χ2v) is 6.61. The summed E-state index contributed by atoms with van der Waals surface area (Å²) in [6.07, 6.45) is 1.98. The molecular weight excluding hydrogens is 312 g/mol. The van der Waals surface area contributed by atoms with E-state index in [1.807, 2.05) is 29.2 Å². The van der Waals surface area contributed by atoms with Crippen molar-refractivity contribution in [3.63, 3.8) is 0 Å². The van der Waals surface area contributed by atoms with Crippen LogP contribution >= 0.6 is 0 Å². The van der Waals surface area contributed by atoms with Gasteiger partial charge in [0.25, 0.3) is 5.91 Å². The number of carbonyl (C=O) groups is 1. The summed E-state index contributed by atoms with van der Waals surface area (Å²) in [4.78, 5) is 18.2. The van der Waals surface area contributed by atoms with Gasteiger partial charge in [-0.2, -0.15) is 0 Å². The Balaban J connectivity index is 1.44. The smallest absolute Gasteiger partial charge is 0.253 e. The maximum atomic E-state index is 12.7. The van der Waals surface area contributed by atoms with Gasteiger partial charge in [0.05, 0.1) is 7.11 Å². The average molecular weight is 334 g/mol. The summed E-state index contributed by atoms with van der Waals surface area (Å²) in [6.45, 7) is 1.58. The van der Waals surface area contributed by atoms with Crippen LogP contribution in [-0.2, 0) is 0 Å². The predicted molar refractivity (Wildman–Crippen MR) is 99.2 cm³/mol. The molecule has 0 unspecified atom stereocenters. The van der Waals surface area contributed by atoms with Crippen molar-refractivity contribution in [2.75, 3.05) is 20.2 Å². The number of aromatic amines is 1. The van der Waals surface area contributed by atoms with E-state index in [0.29, 0.717) is 11.5 Å². The number of nitrogens with zero attached hydrogens (tertiary/aromatic N) is 1. The number of ether oxygens (including phenoxy) is 1. The fraction of sp³-hybridized carbons (Fsp3) is 0.286. The van der Waals surface area contributed by atoms with Crippen LogP contribution in [0, 0.1) is 0 Å². The van der Waals surface area contributed by atoms with Gasteiger partial charge in [0.2, 0.25) is 0 Å². The van der Waals surface area contributed by atoms with Crippen LogP contribution in [0.25, 0.3) is 10.9 Å². The quantitative estimate of drug-likeness (QED) is 0.780. The number of piperidine rings is 1. The van der Waals surface area contributed by atoms with Crippen molar-refractivity contribution >= 4 is 16.8 Å². The first kappa shape index (κ1) is 15.8. The van der Waals surface area contributed by atoms with Gasteiger partial charge in [0.1, 0.15) is 5.75 Å².